The molecule has 1 fully saturated rings. The lowest BCUT2D eigenvalue weighted by atomic mass is 10.0. The highest BCUT2D eigenvalue weighted by Gasteiger charge is 2.29. The first-order valence-corrected chi connectivity index (χ1v) is 12.4. The third-order valence-electron chi connectivity index (χ3n) is 5.99. The molecule has 1 aromatic heterocycles. The number of carbonyl (C=O) groups is 1. The fourth-order valence-corrected chi connectivity index (χ4v) is 5.89. The number of aryl methyl sites for hydroxylation is 2. The van der Waals surface area contributed by atoms with Gasteiger partial charge in [-0.2, -0.15) is 4.31 Å². The molecule has 2 heterocycles. The zero-order valence-corrected chi connectivity index (χ0v) is 19.5. The summed E-state index contributed by atoms with van der Waals surface area (Å²) in [5.74, 6) is -0.522. The van der Waals surface area contributed by atoms with Crippen molar-refractivity contribution in [3.63, 3.8) is 0 Å². The maximum atomic E-state index is 14.6. The molecule has 1 N–H and O–H groups in total. The molecule has 1 unspecified atom stereocenters. The van der Waals surface area contributed by atoms with E-state index in [-0.39, 0.29) is 16.0 Å². The molecule has 1 amide bonds. The van der Waals surface area contributed by atoms with Gasteiger partial charge < -0.3 is 9.88 Å². The van der Waals surface area contributed by atoms with Crippen molar-refractivity contribution in [1.82, 2.24) is 19.2 Å². The van der Waals surface area contributed by atoms with Crippen LogP contribution in [-0.2, 0) is 17.1 Å². The van der Waals surface area contributed by atoms with E-state index >= 15 is 0 Å². The number of sulfonamides is 1. The van der Waals surface area contributed by atoms with Crippen LogP contribution in [0.2, 0.25) is 0 Å². The number of nitrogens with zero attached hydrogens (tertiary/aromatic N) is 3. The third kappa shape index (κ3) is 4.69. The van der Waals surface area contributed by atoms with E-state index in [2.05, 4.69) is 10.3 Å². The molecule has 7 nitrogen and oxygen atoms in total. The van der Waals surface area contributed by atoms with Crippen molar-refractivity contribution in [2.24, 2.45) is 7.05 Å². The van der Waals surface area contributed by atoms with Gasteiger partial charge in [0.1, 0.15) is 17.7 Å². The van der Waals surface area contributed by atoms with Gasteiger partial charge in [0.15, 0.2) is 0 Å². The van der Waals surface area contributed by atoms with Gasteiger partial charge in [0, 0.05) is 43.7 Å². The average molecular weight is 471 g/mol. The molecule has 0 aliphatic carbocycles. The number of imidazole rings is 1. The van der Waals surface area contributed by atoms with Gasteiger partial charge in [-0.1, -0.05) is 30.7 Å². The molecule has 174 valence electrons. The molecule has 9 heteroatoms. The second kappa shape index (κ2) is 9.44. The summed E-state index contributed by atoms with van der Waals surface area (Å²) in [5.41, 5.74) is 1.03. The van der Waals surface area contributed by atoms with Gasteiger partial charge in [0.05, 0.1) is 4.90 Å². The lowest BCUT2D eigenvalue weighted by molar-refractivity contribution is 0.0940. The Hall–Kier alpha value is -3.04. The number of piperidine rings is 1. The summed E-state index contributed by atoms with van der Waals surface area (Å²) in [6, 6.07) is 9.96. The summed E-state index contributed by atoms with van der Waals surface area (Å²) in [6.45, 7) is 2.67. The second-order valence-electron chi connectivity index (χ2n) is 8.27. The number of hydrogen-bond donors (Lipinski definition) is 1. The summed E-state index contributed by atoms with van der Waals surface area (Å²) >= 11 is 0. The minimum atomic E-state index is -3.71. The van der Waals surface area contributed by atoms with E-state index < -0.39 is 27.8 Å². The van der Waals surface area contributed by atoms with Crippen molar-refractivity contribution in [3.05, 3.63) is 83.2 Å². The molecule has 1 atom stereocenters. The van der Waals surface area contributed by atoms with Gasteiger partial charge in [-0.3, -0.25) is 4.79 Å². The van der Waals surface area contributed by atoms with Gasteiger partial charge in [-0.15, -0.1) is 0 Å². The topological polar surface area (TPSA) is 84.3 Å². The number of carbonyl (C=O) groups excluding carboxylic acids is 1. The van der Waals surface area contributed by atoms with E-state index in [1.165, 1.54) is 16.4 Å². The normalized spacial score (nSPS) is 15.8. The lowest BCUT2D eigenvalue weighted by Crippen LogP contribution is -2.36. The SMILES string of the molecule is Cc1ccc(C(=O)NC(c2ccccc2F)c2nccn2C)cc1S(=O)(=O)N1CCCCC1. The van der Waals surface area contributed by atoms with Crippen LogP contribution in [-0.4, -0.2) is 41.3 Å². The molecule has 1 saturated heterocycles. The van der Waals surface area contributed by atoms with Gasteiger partial charge in [-0.05, 0) is 43.5 Å². The molecule has 0 bridgehead atoms. The highest BCUT2D eigenvalue weighted by Crippen LogP contribution is 2.26. The summed E-state index contributed by atoms with van der Waals surface area (Å²) in [7, 11) is -1.95. The largest absolute Gasteiger partial charge is 0.338 e. The van der Waals surface area contributed by atoms with Crippen LogP contribution < -0.4 is 5.32 Å². The van der Waals surface area contributed by atoms with Crippen molar-refractivity contribution >= 4 is 15.9 Å². The molecule has 0 radical (unpaired) electrons. The minimum absolute atomic E-state index is 0.122. The number of halogens is 1. The molecule has 1 aliphatic heterocycles. The Morgan fingerprint density at radius 1 is 1.12 bits per heavy atom. The number of hydrogen-bond acceptors (Lipinski definition) is 4. The molecular formula is C24H27FN4O3S. The van der Waals surface area contributed by atoms with Crippen molar-refractivity contribution in [2.75, 3.05) is 13.1 Å². The average Bonchev–Trinajstić information content (AvgIpc) is 3.24. The van der Waals surface area contributed by atoms with E-state index in [0.717, 1.165) is 19.3 Å². The molecule has 0 saturated carbocycles. The fourth-order valence-electron chi connectivity index (χ4n) is 4.12. The fraction of sp³-hybridized carbons (Fsp3) is 0.333. The molecule has 33 heavy (non-hydrogen) atoms. The number of aromatic nitrogens is 2. The number of rotatable bonds is 6. The van der Waals surface area contributed by atoms with Crippen LogP contribution in [0, 0.1) is 12.7 Å². The first-order chi connectivity index (χ1) is 15.8. The van der Waals surface area contributed by atoms with Crippen LogP contribution in [0.25, 0.3) is 0 Å². The Bertz CT molecular complexity index is 1270. The van der Waals surface area contributed by atoms with Crippen LogP contribution in [0.15, 0.2) is 59.8 Å². The monoisotopic (exact) mass is 470 g/mol. The predicted octanol–water partition coefficient (Wildman–Crippen LogP) is 3.56. The van der Waals surface area contributed by atoms with Gasteiger partial charge >= 0.3 is 0 Å². The first kappa shape index (κ1) is 23.1. The quantitative estimate of drug-likeness (QED) is 0.597. The van der Waals surface area contributed by atoms with Crippen LogP contribution in [0.1, 0.15) is 52.6 Å². The Labute approximate surface area is 193 Å². The zero-order chi connectivity index (χ0) is 23.6. The van der Waals surface area contributed by atoms with E-state index in [1.54, 1.807) is 61.3 Å². The second-order valence-corrected chi connectivity index (χ2v) is 10.2. The highest BCUT2D eigenvalue weighted by atomic mass is 32.2. The van der Waals surface area contributed by atoms with E-state index in [9.17, 15) is 17.6 Å². The zero-order valence-electron chi connectivity index (χ0n) is 18.7. The Kier molecular flexibility index (Phi) is 6.62. The van der Waals surface area contributed by atoms with Crippen molar-refractivity contribution in [3.8, 4) is 0 Å². The molecule has 1 aliphatic rings. The molecule has 2 aromatic carbocycles. The first-order valence-electron chi connectivity index (χ1n) is 10.9. The maximum Gasteiger partial charge on any atom is 0.252 e. The van der Waals surface area contributed by atoms with Crippen molar-refractivity contribution in [1.29, 1.82) is 0 Å². The summed E-state index contributed by atoms with van der Waals surface area (Å²) < 4.78 is 44.3. The number of amides is 1. The van der Waals surface area contributed by atoms with E-state index in [1.807, 2.05) is 0 Å². The number of benzene rings is 2. The van der Waals surface area contributed by atoms with E-state index in [4.69, 9.17) is 0 Å². The maximum absolute atomic E-state index is 14.6. The standard InChI is InChI=1S/C24H27FN4O3S/c1-17-10-11-18(16-21(17)33(31,32)29-13-6-3-7-14-29)24(30)27-22(23-26-12-15-28(23)2)19-8-4-5-9-20(19)25/h4-5,8-12,15-16,22H,3,6-7,13-14H2,1-2H3,(H,27,30). The van der Waals surface area contributed by atoms with Gasteiger partial charge in [0.2, 0.25) is 10.0 Å². The molecule has 4 rings (SSSR count). The predicted molar refractivity (Wildman–Crippen MR) is 123 cm³/mol. The lowest BCUT2D eigenvalue weighted by Gasteiger charge is -2.26. The van der Waals surface area contributed by atoms with Crippen LogP contribution in [0.5, 0.6) is 0 Å². The number of nitrogens with one attached hydrogen (secondary N) is 1. The molecule has 0 spiro atoms. The van der Waals surface area contributed by atoms with E-state index in [0.29, 0.717) is 24.5 Å². The molecular weight excluding hydrogens is 443 g/mol. The summed E-state index contributed by atoms with van der Waals surface area (Å²) in [6.07, 6.45) is 5.95. The smallest absolute Gasteiger partial charge is 0.252 e. The summed E-state index contributed by atoms with van der Waals surface area (Å²) in [5, 5.41) is 2.84. The van der Waals surface area contributed by atoms with Crippen LogP contribution >= 0.6 is 0 Å². The van der Waals surface area contributed by atoms with Gasteiger partial charge in [-0.25, -0.2) is 17.8 Å². The Morgan fingerprint density at radius 3 is 2.52 bits per heavy atom. The van der Waals surface area contributed by atoms with Crippen LogP contribution in [0.3, 0.4) is 0 Å². The Morgan fingerprint density at radius 2 is 1.85 bits per heavy atom. The minimum Gasteiger partial charge on any atom is -0.338 e. The molecule has 3 aromatic rings. The third-order valence-corrected chi connectivity index (χ3v) is 8.03. The summed E-state index contributed by atoms with van der Waals surface area (Å²) in [4.78, 5) is 17.6. The van der Waals surface area contributed by atoms with Crippen molar-refractivity contribution < 1.29 is 17.6 Å². The Balaban J connectivity index is 1.68. The highest BCUT2D eigenvalue weighted by molar-refractivity contribution is 7.89. The van der Waals surface area contributed by atoms with Crippen LogP contribution in [0.4, 0.5) is 4.39 Å². The van der Waals surface area contributed by atoms with Gasteiger partial charge in [0.25, 0.3) is 5.91 Å². The van der Waals surface area contributed by atoms with Crippen molar-refractivity contribution in [2.45, 2.75) is 37.1 Å².